The summed E-state index contributed by atoms with van der Waals surface area (Å²) in [5, 5.41) is 9.62. The van der Waals surface area contributed by atoms with Gasteiger partial charge < -0.3 is 9.84 Å². The van der Waals surface area contributed by atoms with Crippen molar-refractivity contribution < 1.29 is 14.6 Å². The third-order valence-electron chi connectivity index (χ3n) is 3.84. The lowest BCUT2D eigenvalue weighted by Crippen LogP contribution is -2.12. The second kappa shape index (κ2) is 7.97. The van der Waals surface area contributed by atoms with Gasteiger partial charge in [0.25, 0.3) is 0 Å². The van der Waals surface area contributed by atoms with Crippen molar-refractivity contribution >= 4 is 17.3 Å². The summed E-state index contributed by atoms with van der Waals surface area (Å²) in [4.78, 5) is 30.1. The SMILES string of the molecule is CCc1ccc(CC(=O)Oc2ccc(Cc3sc(=O)[nH]c3O)cc2)nc1. The number of H-pyrrole nitrogens is 1. The number of rotatable bonds is 6. The third-order valence-corrected chi connectivity index (χ3v) is 4.71. The number of carbonyl (C=O) groups excluding carboxylic acids is 1. The van der Waals surface area contributed by atoms with E-state index >= 15 is 0 Å². The Morgan fingerprint density at radius 1 is 1.19 bits per heavy atom. The molecule has 6 nitrogen and oxygen atoms in total. The number of aryl methyl sites for hydroxylation is 1. The number of nitrogens with one attached hydrogen (secondary N) is 1. The molecule has 2 aromatic heterocycles. The van der Waals surface area contributed by atoms with Crippen LogP contribution in [0.1, 0.15) is 28.6 Å². The fourth-order valence-electron chi connectivity index (χ4n) is 2.42. The zero-order valence-corrected chi connectivity index (χ0v) is 15.0. The van der Waals surface area contributed by atoms with Crippen molar-refractivity contribution in [1.82, 2.24) is 9.97 Å². The standard InChI is InChI=1S/C19H18N2O4S/c1-2-12-3-6-14(20-11-12)10-17(22)25-15-7-4-13(5-8-15)9-16-18(23)21-19(24)26-16/h3-8,11,23H,2,9-10H2,1H3,(H,21,24). The Hall–Kier alpha value is -2.93. The Kier molecular flexibility index (Phi) is 5.48. The molecule has 0 aliphatic heterocycles. The second-order valence-electron chi connectivity index (χ2n) is 5.77. The maximum atomic E-state index is 12.0. The predicted octanol–water partition coefficient (Wildman–Crippen LogP) is 2.84. The Balaban J connectivity index is 1.58. The monoisotopic (exact) mass is 370 g/mol. The summed E-state index contributed by atoms with van der Waals surface area (Å²) in [5.41, 5.74) is 2.69. The van der Waals surface area contributed by atoms with Gasteiger partial charge in [-0.3, -0.25) is 19.6 Å². The highest BCUT2D eigenvalue weighted by molar-refractivity contribution is 7.09. The minimum atomic E-state index is -0.379. The van der Waals surface area contributed by atoms with Crippen molar-refractivity contribution in [3.63, 3.8) is 0 Å². The highest BCUT2D eigenvalue weighted by atomic mass is 32.1. The number of carbonyl (C=O) groups is 1. The normalized spacial score (nSPS) is 10.7. The zero-order valence-electron chi connectivity index (χ0n) is 14.2. The van der Waals surface area contributed by atoms with Gasteiger partial charge in [-0.15, -0.1) is 0 Å². The maximum Gasteiger partial charge on any atom is 0.317 e. The van der Waals surface area contributed by atoms with E-state index in [1.807, 2.05) is 19.1 Å². The van der Waals surface area contributed by atoms with E-state index in [9.17, 15) is 14.7 Å². The van der Waals surface area contributed by atoms with E-state index in [0.717, 1.165) is 28.9 Å². The molecule has 0 spiro atoms. The molecule has 0 fully saturated rings. The highest BCUT2D eigenvalue weighted by Crippen LogP contribution is 2.22. The van der Waals surface area contributed by atoms with Crippen LogP contribution in [0.25, 0.3) is 0 Å². The van der Waals surface area contributed by atoms with Gasteiger partial charge in [-0.2, -0.15) is 0 Å². The number of esters is 1. The van der Waals surface area contributed by atoms with Crippen LogP contribution in [0, 0.1) is 0 Å². The molecule has 0 aliphatic carbocycles. The molecular formula is C19H18N2O4S. The van der Waals surface area contributed by atoms with Gasteiger partial charge in [-0.25, -0.2) is 0 Å². The molecule has 0 unspecified atom stereocenters. The Morgan fingerprint density at radius 2 is 1.92 bits per heavy atom. The Labute approximate surface area is 154 Å². The molecule has 26 heavy (non-hydrogen) atoms. The first-order valence-electron chi connectivity index (χ1n) is 8.18. The lowest BCUT2D eigenvalue weighted by Gasteiger charge is -2.06. The zero-order chi connectivity index (χ0) is 18.5. The van der Waals surface area contributed by atoms with E-state index in [-0.39, 0.29) is 23.1 Å². The van der Waals surface area contributed by atoms with Crippen LogP contribution in [0.5, 0.6) is 11.6 Å². The van der Waals surface area contributed by atoms with Gasteiger partial charge in [0.05, 0.1) is 17.0 Å². The molecule has 0 atom stereocenters. The van der Waals surface area contributed by atoms with E-state index in [1.54, 1.807) is 30.5 Å². The number of aromatic nitrogens is 2. The predicted molar refractivity (Wildman–Crippen MR) is 98.8 cm³/mol. The molecule has 3 aromatic rings. The molecule has 3 rings (SSSR count). The summed E-state index contributed by atoms with van der Waals surface area (Å²) in [7, 11) is 0. The summed E-state index contributed by atoms with van der Waals surface area (Å²) < 4.78 is 5.33. The van der Waals surface area contributed by atoms with Crippen LogP contribution in [0.3, 0.4) is 0 Å². The fourth-order valence-corrected chi connectivity index (χ4v) is 3.17. The number of thiazole rings is 1. The summed E-state index contributed by atoms with van der Waals surface area (Å²) in [6, 6.07) is 10.7. The number of benzene rings is 1. The minimum absolute atomic E-state index is 0.0999. The molecule has 2 heterocycles. The van der Waals surface area contributed by atoms with Crippen molar-refractivity contribution in [3.8, 4) is 11.6 Å². The van der Waals surface area contributed by atoms with Crippen molar-refractivity contribution in [2.24, 2.45) is 0 Å². The summed E-state index contributed by atoms with van der Waals surface area (Å²) in [5.74, 6) is -0.0384. The van der Waals surface area contributed by atoms with Crippen molar-refractivity contribution in [3.05, 3.63) is 74.0 Å². The van der Waals surface area contributed by atoms with E-state index in [0.29, 0.717) is 22.7 Å². The van der Waals surface area contributed by atoms with Crippen molar-refractivity contribution in [2.75, 3.05) is 0 Å². The quantitative estimate of drug-likeness (QED) is 0.514. The first-order valence-corrected chi connectivity index (χ1v) is 8.99. The largest absolute Gasteiger partial charge is 0.494 e. The van der Waals surface area contributed by atoms with Crippen LogP contribution >= 0.6 is 11.3 Å². The van der Waals surface area contributed by atoms with E-state index < -0.39 is 0 Å². The van der Waals surface area contributed by atoms with Crippen molar-refractivity contribution in [1.29, 1.82) is 0 Å². The number of pyridine rings is 1. The number of nitrogens with zero attached hydrogens (tertiary/aromatic N) is 1. The van der Waals surface area contributed by atoms with Crippen LogP contribution in [-0.2, 0) is 24.1 Å². The molecule has 0 amide bonds. The molecule has 0 radical (unpaired) electrons. The average molecular weight is 370 g/mol. The highest BCUT2D eigenvalue weighted by Gasteiger charge is 2.10. The molecule has 0 saturated carbocycles. The van der Waals surface area contributed by atoms with E-state index in [1.165, 1.54) is 0 Å². The minimum Gasteiger partial charge on any atom is -0.494 e. The van der Waals surface area contributed by atoms with Gasteiger partial charge in [0, 0.05) is 12.6 Å². The number of hydrogen-bond donors (Lipinski definition) is 2. The van der Waals surface area contributed by atoms with Gasteiger partial charge >= 0.3 is 10.8 Å². The van der Waals surface area contributed by atoms with E-state index in [4.69, 9.17) is 4.74 Å². The van der Waals surface area contributed by atoms with Gasteiger partial charge in [0.1, 0.15) is 5.75 Å². The molecule has 2 N–H and O–H groups in total. The number of aromatic amines is 1. The van der Waals surface area contributed by atoms with Crippen LogP contribution in [0.15, 0.2) is 47.4 Å². The topological polar surface area (TPSA) is 92.3 Å². The number of ether oxygens (including phenoxy) is 1. The smallest absolute Gasteiger partial charge is 0.317 e. The number of aromatic hydroxyl groups is 1. The van der Waals surface area contributed by atoms with Gasteiger partial charge in [-0.05, 0) is 35.7 Å². The summed E-state index contributed by atoms with van der Waals surface area (Å²) >= 11 is 0.974. The Morgan fingerprint density at radius 3 is 2.50 bits per heavy atom. The van der Waals surface area contributed by atoms with Crippen LogP contribution < -0.4 is 9.61 Å². The van der Waals surface area contributed by atoms with Crippen LogP contribution in [0.4, 0.5) is 0 Å². The molecule has 134 valence electrons. The van der Waals surface area contributed by atoms with Gasteiger partial charge in [-0.1, -0.05) is 36.5 Å². The molecule has 0 saturated heterocycles. The summed E-state index contributed by atoms with van der Waals surface area (Å²) in [6.07, 6.45) is 3.21. The lowest BCUT2D eigenvalue weighted by atomic mass is 10.1. The lowest BCUT2D eigenvalue weighted by molar-refractivity contribution is -0.133. The van der Waals surface area contributed by atoms with Crippen molar-refractivity contribution in [2.45, 2.75) is 26.2 Å². The van der Waals surface area contributed by atoms with Gasteiger partial charge in [0.15, 0.2) is 0 Å². The Bertz CT molecular complexity index is 943. The first kappa shape index (κ1) is 17.9. The van der Waals surface area contributed by atoms with Crippen LogP contribution in [-0.4, -0.2) is 21.0 Å². The molecule has 0 bridgehead atoms. The van der Waals surface area contributed by atoms with E-state index in [2.05, 4.69) is 9.97 Å². The second-order valence-corrected chi connectivity index (χ2v) is 6.84. The average Bonchev–Trinajstić information content (AvgIpc) is 2.94. The van der Waals surface area contributed by atoms with Gasteiger partial charge in [0.2, 0.25) is 5.88 Å². The molecule has 1 aromatic carbocycles. The number of hydrogen-bond acceptors (Lipinski definition) is 6. The summed E-state index contributed by atoms with van der Waals surface area (Å²) in [6.45, 7) is 2.05. The molecule has 7 heteroatoms. The molecular weight excluding hydrogens is 352 g/mol. The first-order chi connectivity index (χ1) is 12.5. The third kappa shape index (κ3) is 4.58. The van der Waals surface area contributed by atoms with Crippen LogP contribution in [0.2, 0.25) is 0 Å². The molecule has 0 aliphatic rings. The fraction of sp³-hybridized carbons (Fsp3) is 0.211. The maximum absolute atomic E-state index is 12.0.